The topological polar surface area (TPSA) is 71.6 Å². The van der Waals surface area contributed by atoms with Crippen LogP contribution in [0.3, 0.4) is 0 Å². The fourth-order valence-corrected chi connectivity index (χ4v) is 3.43. The zero-order chi connectivity index (χ0) is 20.6. The molecule has 4 rings (SSSR count). The van der Waals surface area contributed by atoms with E-state index in [9.17, 15) is 8.78 Å². The fourth-order valence-electron chi connectivity index (χ4n) is 3.43. The number of rotatable bonds is 2. The maximum atomic E-state index is 12.8. The minimum Gasteiger partial charge on any atom is -0.370 e. The van der Waals surface area contributed by atoms with Crippen LogP contribution in [0.25, 0.3) is 0 Å². The van der Waals surface area contributed by atoms with E-state index in [1.54, 1.807) is 12.1 Å². The van der Waals surface area contributed by atoms with Crippen molar-refractivity contribution in [1.29, 1.82) is 5.41 Å². The summed E-state index contributed by atoms with van der Waals surface area (Å²) in [6, 6.07) is 13.2. The van der Waals surface area contributed by atoms with Gasteiger partial charge in [-0.3, -0.25) is 5.41 Å². The molecule has 0 aliphatic carbocycles. The van der Waals surface area contributed by atoms with Gasteiger partial charge in [0, 0.05) is 63.7 Å². The third-order valence-corrected chi connectivity index (χ3v) is 5.12. The lowest BCUT2D eigenvalue weighted by Gasteiger charge is -2.36. The minimum absolute atomic E-state index is 0.124. The molecule has 0 saturated carbocycles. The average Bonchev–Trinajstić information content (AvgIpc) is 2.76. The van der Waals surface area contributed by atoms with Gasteiger partial charge in [-0.15, -0.1) is 0 Å². The Kier molecular flexibility index (Phi) is 7.24. The molecule has 2 saturated heterocycles. The van der Waals surface area contributed by atoms with E-state index in [4.69, 9.17) is 11.1 Å². The lowest BCUT2D eigenvalue weighted by Crippen LogP contribution is -2.50. The standard InChI is InChI=1S/C11H15FN4.C10H13FN2/c12-9-1-3-10(4-2-9)15-5-7-16(8-6-15)11(13)14;11-9-1-3-10(4-2-9)13-7-5-12-6-8-13/h1-4H,5-8H2,(H3,13,14);1-4,12H,5-8H2. The highest BCUT2D eigenvalue weighted by Crippen LogP contribution is 2.17. The predicted octanol–water partition coefficient (Wildman–Crippen LogP) is 2.08. The Hall–Kier alpha value is -2.87. The molecule has 6 nitrogen and oxygen atoms in total. The van der Waals surface area contributed by atoms with Crippen LogP contribution < -0.4 is 20.9 Å². The van der Waals surface area contributed by atoms with Crippen LogP contribution in [0.1, 0.15) is 0 Å². The number of anilines is 2. The summed E-state index contributed by atoms with van der Waals surface area (Å²) in [4.78, 5) is 6.26. The molecule has 8 heteroatoms. The predicted molar refractivity (Wildman–Crippen MR) is 114 cm³/mol. The van der Waals surface area contributed by atoms with Crippen molar-refractivity contribution in [3.63, 3.8) is 0 Å². The Morgan fingerprint density at radius 2 is 1.14 bits per heavy atom. The molecule has 0 bridgehead atoms. The zero-order valence-electron chi connectivity index (χ0n) is 16.5. The summed E-state index contributed by atoms with van der Waals surface area (Å²) < 4.78 is 25.4. The van der Waals surface area contributed by atoms with Crippen LogP contribution in [-0.2, 0) is 0 Å². The Balaban J connectivity index is 0.000000169. The third-order valence-electron chi connectivity index (χ3n) is 5.12. The largest absolute Gasteiger partial charge is 0.370 e. The molecule has 156 valence electrons. The number of nitrogens with two attached hydrogens (primary N) is 1. The SMILES string of the molecule is Fc1ccc(N2CCNCC2)cc1.N=C(N)N1CCN(c2ccc(F)cc2)CC1. The van der Waals surface area contributed by atoms with E-state index in [0.29, 0.717) is 0 Å². The molecule has 2 aliphatic rings. The summed E-state index contributed by atoms with van der Waals surface area (Å²) >= 11 is 0. The molecule has 2 fully saturated rings. The van der Waals surface area contributed by atoms with Crippen LogP contribution in [0.15, 0.2) is 48.5 Å². The van der Waals surface area contributed by atoms with Gasteiger partial charge >= 0.3 is 0 Å². The summed E-state index contributed by atoms with van der Waals surface area (Å²) in [6.45, 7) is 7.14. The van der Waals surface area contributed by atoms with Crippen molar-refractivity contribution in [2.45, 2.75) is 0 Å². The normalized spacial score (nSPS) is 16.8. The highest BCUT2D eigenvalue weighted by atomic mass is 19.1. The van der Waals surface area contributed by atoms with Crippen LogP contribution in [0.4, 0.5) is 20.2 Å². The molecule has 0 atom stereocenters. The number of nitrogens with one attached hydrogen (secondary N) is 2. The molecule has 0 unspecified atom stereocenters. The number of hydrogen-bond acceptors (Lipinski definition) is 4. The maximum Gasteiger partial charge on any atom is 0.188 e. The molecule has 2 aromatic carbocycles. The first-order chi connectivity index (χ1) is 14.0. The van der Waals surface area contributed by atoms with Gasteiger partial charge in [0.2, 0.25) is 0 Å². The molecule has 0 spiro atoms. The summed E-state index contributed by atoms with van der Waals surface area (Å²) in [6.07, 6.45) is 0. The molecule has 0 radical (unpaired) electrons. The minimum atomic E-state index is -0.217. The monoisotopic (exact) mass is 402 g/mol. The Bertz CT molecular complexity index is 767. The second kappa shape index (κ2) is 10.1. The van der Waals surface area contributed by atoms with Gasteiger partial charge in [0.1, 0.15) is 11.6 Å². The molecule has 2 aliphatic heterocycles. The average molecular weight is 402 g/mol. The summed E-state index contributed by atoms with van der Waals surface area (Å²) in [5, 5.41) is 10.6. The molecule has 2 heterocycles. The van der Waals surface area contributed by atoms with Crippen molar-refractivity contribution in [1.82, 2.24) is 10.2 Å². The number of piperazine rings is 2. The van der Waals surface area contributed by atoms with Gasteiger partial charge in [-0.1, -0.05) is 0 Å². The molecule has 0 amide bonds. The lowest BCUT2D eigenvalue weighted by molar-refractivity contribution is 0.380. The molecule has 29 heavy (non-hydrogen) atoms. The molecule has 4 N–H and O–H groups in total. The maximum absolute atomic E-state index is 12.8. The second-order valence-electron chi connectivity index (χ2n) is 7.05. The van der Waals surface area contributed by atoms with Crippen LogP contribution in [0.2, 0.25) is 0 Å². The lowest BCUT2D eigenvalue weighted by atomic mass is 10.2. The highest BCUT2D eigenvalue weighted by molar-refractivity contribution is 5.75. The van der Waals surface area contributed by atoms with Gasteiger partial charge < -0.3 is 25.8 Å². The van der Waals surface area contributed by atoms with Crippen LogP contribution in [0, 0.1) is 17.0 Å². The number of nitrogens with zero attached hydrogens (tertiary/aromatic N) is 3. The van der Waals surface area contributed by atoms with Gasteiger partial charge in [-0.05, 0) is 48.5 Å². The molecule has 2 aromatic rings. The summed E-state index contributed by atoms with van der Waals surface area (Å²) in [5.41, 5.74) is 7.54. The fraction of sp³-hybridized carbons (Fsp3) is 0.381. The van der Waals surface area contributed by atoms with E-state index >= 15 is 0 Å². The van der Waals surface area contributed by atoms with Crippen LogP contribution in [0.5, 0.6) is 0 Å². The van der Waals surface area contributed by atoms with Crippen molar-refractivity contribution in [3.05, 3.63) is 60.2 Å². The van der Waals surface area contributed by atoms with Gasteiger partial charge in [-0.2, -0.15) is 0 Å². The molecule has 0 aromatic heterocycles. The number of hydrogen-bond donors (Lipinski definition) is 3. The van der Waals surface area contributed by atoms with Crippen molar-refractivity contribution in [3.8, 4) is 0 Å². The first-order valence-corrected chi connectivity index (χ1v) is 9.83. The van der Waals surface area contributed by atoms with E-state index in [1.165, 1.54) is 24.3 Å². The van der Waals surface area contributed by atoms with E-state index in [0.717, 1.165) is 63.7 Å². The Morgan fingerprint density at radius 3 is 1.55 bits per heavy atom. The third kappa shape index (κ3) is 6.05. The van der Waals surface area contributed by atoms with Crippen LogP contribution >= 0.6 is 0 Å². The van der Waals surface area contributed by atoms with Crippen molar-refractivity contribution < 1.29 is 8.78 Å². The van der Waals surface area contributed by atoms with E-state index in [2.05, 4.69) is 15.1 Å². The van der Waals surface area contributed by atoms with Crippen molar-refractivity contribution >= 4 is 17.3 Å². The van der Waals surface area contributed by atoms with Crippen molar-refractivity contribution in [2.24, 2.45) is 5.73 Å². The first-order valence-electron chi connectivity index (χ1n) is 9.83. The van der Waals surface area contributed by atoms with E-state index in [1.807, 2.05) is 17.0 Å². The van der Waals surface area contributed by atoms with E-state index < -0.39 is 0 Å². The second-order valence-corrected chi connectivity index (χ2v) is 7.05. The Morgan fingerprint density at radius 1 is 0.724 bits per heavy atom. The zero-order valence-corrected chi connectivity index (χ0v) is 16.5. The van der Waals surface area contributed by atoms with Gasteiger partial charge in [0.25, 0.3) is 0 Å². The Labute approximate surface area is 170 Å². The van der Waals surface area contributed by atoms with E-state index in [-0.39, 0.29) is 17.6 Å². The quantitative estimate of drug-likeness (QED) is 0.530. The molecular formula is C21H28F2N6. The van der Waals surface area contributed by atoms with Crippen molar-refractivity contribution in [2.75, 3.05) is 62.2 Å². The smallest absolute Gasteiger partial charge is 0.188 e. The molecular weight excluding hydrogens is 374 g/mol. The summed E-state index contributed by atoms with van der Waals surface area (Å²) in [7, 11) is 0. The number of benzene rings is 2. The number of guanidine groups is 1. The highest BCUT2D eigenvalue weighted by Gasteiger charge is 2.17. The first kappa shape index (κ1) is 20.9. The van der Waals surface area contributed by atoms with Gasteiger partial charge in [0.05, 0.1) is 0 Å². The number of halogens is 2. The van der Waals surface area contributed by atoms with Crippen LogP contribution in [-0.4, -0.2) is 63.2 Å². The van der Waals surface area contributed by atoms with Gasteiger partial charge in [0.15, 0.2) is 5.96 Å². The van der Waals surface area contributed by atoms with Gasteiger partial charge in [-0.25, -0.2) is 8.78 Å². The summed E-state index contributed by atoms with van der Waals surface area (Å²) in [5.74, 6) is -0.260.